The first-order valence-electron chi connectivity index (χ1n) is 13.8. The lowest BCUT2D eigenvalue weighted by molar-refractivity contribution is -0.141. The van der Waals surface area contributed by atoms with Gasteiger partial charge >= 0.3 is 6.09 Å². The fraction of sp³-hybridized carbons (Fsp3) is 0.400. The van der Waals surface area contributed by atoms with Gasteiger partial charge in [0, 0.05) is 44.4 Å². The van der Waals surface area contributed by atoms with E-state index in [1.54, 1.807) is 10.8 Å². The highest BCUT2D eigenvalue weighted by molar-refractivity contribution is 5.83. The molecule has 232 valence electrons. The van der Waals surface area contributed by atoms with Crippen molar-refractivity contribution in [3.05, 3.63) is 77.8 Å². The number of aliphatic hydroxyl groups is 1. The van der Waals surface area contributed by atoms with E-state index < -0.39 is 53.7 Å². The molecular formula is C30H38F2N6O5. The number of aromatic nitrogens is 2. The largest absolute Gasteiger partial charge is 0.436 e. The van der Waals surface area contributed by atoms with Crippen molar-refractivity contribution in [3.8, 4) is 11.3 Å². The van der Waals surface area contributed by atoms with Crippen molar-refractivity contribution in [1.29, 1.82) is 0 Å². The molecule has 0 unspecified atom stereocenters. The summed E-state index contributed by atoms with van der Waals surface area (Å²) >= 11 is 0. The van der Waals surface area contributed by atoms with Gasteiger partial charge < -0.3 is 36.1 Å². The number of imidazole rings is 1. The standard InChI is InChI=1S/C30H38F2N6O5/c1-30(2,3)26(38(25(40)18-39)14-11-24(43-29(34)42)28(41)35-13-12-33)27-36-23(21-15-20(31)9-10-22(21)32)17-37(27)16-19-7-5-4-6-8-19/h4-10,15,17,24,26,39H,11-14,16,18,33H2,1-3H3,(H2,34,42)(H,35,41)/t24-,26-/m0/s1. The van der Waals surface area contributed by atoms with Gasteiger partial charge in [0.25, 0.3) is 5.91 Å². The first-order valence-corrected chi connectivity index (χ1v) is 13.8. The molecule has 13 heteroatoms. The first-order chi connectivity index (χ1) is 20.3. The molecule has 0 fully saturated rings. The van der Waals surface area contributed by atoms with Crippen molar-refractivity contribution in [2.75, 3.05) is 26.2 Å². The second-order valence-corrected chi connectivity index (χ2v) is 11.0. The number of amides is 3. The number of ether oxygens (including phenoxy) is 1. The molecule has 1 aromatic heterocycles. The van der Waals surface area contributed by atoms with Crippen LogP contribution in [-0.2, 0) is 20.9 Å². The number of nitrogens with zero attached hydrogens (tertiary/aromatic N) is 3. The molecule has 3 amide bonds. The molecule has 1 heterocycles. The maximum Gasteiger partial charge on any atom is 0.405 e. The van der Waals surface area contributed by atoms with Crippen molar-refractivity contribution >= 4 is 17.9 Å². The quantitative estimate of drug-likeness (QED) is 0.234. The number of aliphatic hydroxyl groups excluding tert-OH is 1. The smallest absolute Gasteiger partial charge is 0.405 e. The second-order valence-electron chi connectivity index (χ2n) is 11.0. The van der Waals surface area contributed by atoms with Crippen LogP contribution in [0, 0.1) is 17.0 Å². The van der Waals surface area contributed by atoms with Crippen LogP contribution in [0.5, 0.6) is 0 Å². The number of halogens is 2. The molecule has 6 N–H and O–H groups in total. The number of nitrogens with one attached hydrogen (secondary N) is 1. The average molecular weight is 601 g/mol. The third-order valence-corrected chi connectivity index (χ3v) is 6.67. The van der Waals surface area contributed by atoms with Gasteiger partial charge in [-0.25, -0.2) is 18.6 Å². The molecule has 43 heavy (non-hydrogen) atoms. The summed E-state index contributed by atoms with van der Waals surface area (Å²) in [6.45, 7) is 5.09. The van der Waals surface area contributed by atoms with Crippen LogP contribution in [-0.4, -0.2) is 69.8 Å². The van der Waals surface area contributed by atoms with E-state index in [1.165, 1.54) is 4.90 Å². The van der Waals surface area contributed by atoms with Crippen LogP contribution in [0.2, 0.25) is 0 Å². The Hall–Kier alpha value is -4.36. The molecule has 11 nitrogen and oxygen atoms in total. The summed E-state index contributed by atoms with van der Waals surface area (Å²) in [5.41, 5.74) is 10.9. The Labute approximate surface area is 248 Å². The van der Waals surface area contributed by atoms with Crippen molar-refractivity contribution < 1.29 is 33.0 Å². The minimum absolute atomic E-state index is 0.0627. The fourth-order valence-electron chi connectivity index (χ4n) is 4.81. The van der Waals surface area contributed by atoms with Gasteiger partial charge in [-0.1, -0.05) is 51.1 Å². The Morgan fingerprint density at radius 2 is 1.84 bits per heavy atom. The maximum atomic E-state index is 14.9. The van der Waals surface area contributed by atoms with E-state index in [0.29, 0.717) is 5.82 Å². The number of rotatable bonds is 13. The van der Waals surface area contributed by atoms with E-state index in [-0.39, 0.29) is 43.9 Å². The summed E-state index contributed by atoms with van der Waals surface area (Å²) in [6, 6.07) is 11.6. The number of nitrogens with two attached hydrogens (primary N) is 2. The Morgan fingerprint density at radius 3 is 2.44 bits per heavy atom. The maximum absolute atomic E-state index is 14.9. The lowest BCUT2D eigenvalue weighted by Crippen LogP contribution is -2.47. The predicted molar refractivity (Wildman–Crippen MR) is 155 cm³/mol. The Bertz CT molecular complexity index is 1410. The lowest BCUT2D eigenvalue weighted by Gasteiger charge is -2.40. The molecule has 0 aliphatic heterocycles. The molecular weight excluding hydrogens is 562 g/mol. The minimum atomic E-state index is -1.35. The third kappa shape index (κ3) is 8.82. The highest BCUT2D eigenvalue weighted by Gasteiger charge is 2.39. The summed E-state index contributed by atoms with van der Waals surface area (Å²) in [6.07, 6.45) is -1.11. The van der Waals surface area contributed by atoms with Gasteiger partial charge in [0.2, 0.25) is 5.91 Å². The van der Waals surface area contributed by atoms with Crippen LogP contribution >= 0.6 is 0 Å². The Morgan fingerprint density at radius 1 is 1.14 bits per heavy atom. The molecule has 0 aliphatic carbocycles. The summed E-state index contributed by atoms with van der Waals surface area (Å²) in [7, 11) is 0. The summed E-state index contributed by atoms with van der Waals surface area (Å²) in [4.78, 5) is 43.5. The summed E-state index contributed by atoms with van der Waals surface area (Å²) in [5, 5.41) is 12.5. The number of carbonyl (C=O) groups is 3. The number of carbonyl (C=O) groups excluding carboxylic acids is 3. The molecule has 0 spiro atoms. The fourth-order valence-corrected chi connectivity index (χ4v) is 4.81. The Kier molecular flexibility index (Phi) is 11.3. The van der Waals surface area contributed by atoms with Crippen molar-refractivity contribution in [2.24, 2.45) is 16.9 Å². The molecule has 0 saturated carbocycles. The molecule has 0 bridgehead atoms. The van der Waals surface area contributed by atoms with Crippen LogP contribution in [0.3, 0.4) is 0 Å². The van der Waals surface area contributed by atoms with Crippen LogP contribution in [0.1, 0.15) is 44.6 Å². The van der Waals surface area contributed by atoms with Gasteiger partial charge in [-0.2, -0.15) is 0 Å². The van der Waals surface area contributed by atoms with Crippen LogP contribution in [0.15, 0.2) is 54.7 Å². The van der Waals surface area contributed by atoms with Crippen LogP contribution in [0.4, 0.5) is 13.6 Å². The van der Waals surface area contributed by atoms with Gasteiger partial charge in [0.05, 0.1) is 11.7 Å². The number of benzene rings is 2. The molecule has 0 aliphatic rings. The van der Waals surface area contributed by atoms with Gasteiger partial charge in [0.1, 0.15) is 24.1 Å². The number of hydrogen-bond acceptors (Lipinski definition) is 7. The normalized spacial score (nSPS) is 12.8. The monoisotopic (exact) mass is 600 g/mol. The van der Waals surface area contributed by atoms with Crippen LogP contribution in [0.25, 0.3) is 11.3 Å². The van der Waals surface area contributed by atoms with E-state index >= 15 is 0 Å². The molecule has 3 rings (SSSR count). The third-order valence-electron chi connectivity index (χ3n) is 6.67. The minimum Gasteiger partial charge on any atom is -0.436 e. The predicted octanol–water partition coefficient (Wildman–Crippen LogP) is 2.71. The SMILES string of the molecule is CC(C)(C)[C@H](c1nc(-c2cc(F)ccc2F)cn1Cc1ccccc1)N(CC[C@H](OC(N)=O)C(=O)NCCN)C(=O)CO. The van der Waals surface area contributed by atoms with E-state index in [1.807, 2.05) is 51.1 Å². The molecule has 2 atom stereocenters. The highest BCUT2D eigenvalue weighted by atomic mass is 19.1. The Balaban J connectivity index is 2.13. The zero-order valence-corrected chi connectivity index (χ0v) is 24.4. The van der Waals surface area contributed by atoms with Gasteiger partial charge in [-0.05, 0) is 29.2 Å². The van der Waals surface area contributed by atoms with Gasteiger partial charge in [0.15, 0.2) is 6.10 Å². The topological polar surface area (TPSA) is 166 Å². The number of hydrogen-bond donors (Lipinski definition) is 4. The average Bonchev–Trinajstić information content (AvgIpc) is 3.35. The summed E-state index contributed by atoms with van der Waals surface area (Å²) < 4.78 is 35.8. The van der Waals surface area contributed by atoms with E-state index in [9.17, 15) is 28.3 Å². The lowest BCUT2D eigenvalue weighted by atomic mass is 9.84. The number of primary amides is 1. The summed E-state index contributed by atoms with van der Waals surface area (Å²) in [5.74, 6) is -2.33. The molecule has 0 saturated heterocycles. The molecule has 3 aromatic rings. The van der Waals surface area contributed by atoms with Crippen LogP contribution < -0.4 is 16.8 Å². The molecule has 0 radical (unpaired) electrons. The van der Waals surface area contributed by atoms with E-state index in [2.05, 4.69) is 5.32 Å². The second kappa shape index (κ2) is 14.7. The van der Waals surface area contributed by atoms with Crippen molar-refractivity contribution in [3.63, 3.8) is 0 Å². The van der Waals surface area contributed by atoms with Crippen molar-refractivity contribution in [1.82, 2.24) is 19.8 Å². The van der Waals surface area contributed by atoms with E-state index in [4.69, 9.17) is 21.2 Å². The zero-order valence-electron chi connectivity index (χ0n) is 24.4. The van der Waals surface area contributed by atoms with E-state index in [0.717, 1.165) is 23.8 Å². The van der Waals surface area contributed by atoms with Crippen molar-refractivity contribution in [2.45, 2.75) is 45.9 Å². The highest BCUT2D eigenvalue weighted by Crippen LogP contribution is 2.39. The zero-order chi connectivity index (χ0) is 31.7. The molecule has 2 aromatic carbocycles. The first kappa shape index (κ1) is 33.1. The van der Waals surface area contributed by atoms with Gasteiger partial charge in [-0.15, -0.1) is 0 Å². The van der Waals surface area contributed by atoms with Gasteiger partial charge in [-0.3, -0.25) is 9.59 Å².